The molecule has 0 fully saturated rings. The maximum absolute atomic E-state index is 13.0. The molecule has 3 rings (SSSR count). The number of nitrogens with zero attached hydrogens (tertiary/aromatic N) is 1. The molecule has 1 heterocycles. The van der Waals surface area contributed by atoms with Gasteiger partial charge in [-0.15, -0.1) is 0 Å². The molecule has 0 aliphatic carbocycles. The molecule has 0 N–H and O–H groups in total. The average molecular weight is 337 g/mol. The minimum atomic E-state index is -3.65. The van der Waals surface area contributed by atoms with Crippen molar-refractivity contribution in [2.45, 2.75) is 18.7 Å². The minimum Gasteiger partial charge on any atom is -0.241 e. The molecule has 0 saturated heterocycles. The van der Waals surface area contributed by atoms with E-state index in [0.29, 0.717) is 5.69 Å². The monoisotopic (exact) mass is 337 g/mol. The van der Waals surface area contributed by atoms with Crippen LogP contribution < -0.4 is 0 Å². The van der Waals surface area contributed by atoms with E-state index in [1.165, 1.54) is 3.97 Å². The summed E-state index contributed by atoms with van der Waals surface area (Å²) < 4.78 is 27.2. The van der Waals surface area contributed by atoms with Crippen molar-refractivity contribution in [3.8, 4) is 11.1 Å². The molecule has 122 valence electrons. The van der Waals surface area contributed by atoms with Gasteiger partial charge >= 0.3 is 0 Å². The standard InChI is InChI=1S/C20H19NO2S/c1-4-19-13-18(17-7-5-6-16(3)12-17)14-21(19)24(22,23)20-10-8-15(2)9-11-20/h4-14H,1H2,2-3H3. The van der Waals surface area contributed by atoms with Crippen LogP contribution in [0, 0.1) is 13.8 Å². The first kappa shape index (κ1) is 16.3. The molecule has 1 aromatic heterocycles. The molecule has 0 bridgehead atoms. The van der Waals surface area contributed by atoms with Crippen LogP contribution in [0.1, 0.15) is 16.8 Å². The molecule has 0 spiro atoms. The zero-order valence-corrected chi connectivity index (χ0v) is 14.5. The molecule has 0 amide bonds. The van der Waals surface area contributed by atoms with Crippen LogP contribution >= 0.6 is 0 Å². The Morgan fingerprint density at radius 3 is 2.25 bits per heavy atom. The summed E-state index contributed by atoms with van der Waals surface area (Å²) >= 11 is 0. The predicted octanol–water partition coefficient (Wildman–Crippen LogP) is 4.65. The summed E-state index contributed by atoms with van der Waals surface area (Å²) in [4.78, 5) is 0.266. The van der Waals surface area contributed by atoms with Crippen LogP contribution in [0.5, 0.6) is 0 Å². The summed E-state index contributed by atoms with van der Waals surface area (Å²) in [5, 5.41) is 0. The molecule has 4 heteroatoms. The number of rotatable bonds is 4. The Morgan fingerprint density at radius 2 is 1.62 bits per heavy atom. The molecule has 3 aromatic rings. The first-order valence-electron chi connectivity index (χ1n) is 7.66. The van der Waals surface area contributed by atoms with E-state index in [1.54, 1.807) is 36.5 Å². The van der Waals surface area contributed by atoms with Crippen LogP contribution in [0.15, 0.2) is 72.3 Å². The summed E-state index contributed by atoms with van der Waals surface area (Å²) in [7, 11) is -3.65. The first-order chi connectivity index (χ1) is 11.4. The summed E-state index contributed by atoms with van der Waals surface area (Å²) in [5.74, 6) is 0. The molecule has 2 aromatic carbocycles. The Hall–Kier alpha value is -2.59. The van der Waals surface area contributed by atoms with Gasteiger partial charge in [-0.05, 0) is 43.7 Å². The van der Waals surface area contributed by atoms with Crippen LogP contribution in [0.3, 0.4) is 0 Å². The lowest BCUT2D eigenvalue weighted by Gasteiger charge is -2.08. The largest absolute Gasteiger partial charge is 0.268 e. The third kappa shape index (κ3) is 2.93. The van der Waals surface area contributed by atoms with Crippen molar-refractivity contribution in [2.24, 2.45) is 0 Å². The number of hydrogen-bond donors (Lipinski definition) is 0. The predicted molar refractivity (Wildman–Crippen MR) is 98.5 cm³/mol. The maximum Gasteiger partial charge on any atom is 0.268 e. The Morgan fingerprint density at radius 1 is 0.917 bits per heavy atom. The maximum atomic E-state index is 13.0. The van der Waals surface area contributed by atoms with Crippen molar-refractivity contribution in [1.29, 1.82) is 0 Å². The van der Waals surface area contributed by atoms with E-state index >= 15 is 0 Å². The Labute approximate surface area is 142 Å². The molecule has 0 aliphatic heterocycles. The zero-order valence-electron chi connectivity index (χ0n) is 13.7. The zero-order chi connectivity index (χ0) is 17.3. The Bertz CT molecular complexity index is 996. The van der Waals surface area contributed by atoms with E-state index in [9.17, 15) is 8.42 Å². The number of benzene rings is 2. The number of aryl methyl sites for hydroxylation is 2. The van der Waals surface area contributed by atoms with E-state index < -0.39 is 10.0 Å². The van der Waals surface area contributed by atoms with Gasteiger partial charge in [-0.3, -0.25) is 0 Å². The van der Waals surface area contributed by atoms with Crippen LogP contribution in [-0.2, 0) is 10.0 Å². The van der Waals surface area contributed by atoms with E-state index in [0.717, 1.165) is 22.3 Å². The molecule has 0 saturated carbocycles. The van der Waals surface area contributed by atoms with Gasteiger partial charge in [-0.2, -0.15) is 0 Å². The lowest BCUT2D eigenvalue weighted by Crippen LogP contribution is -2.13. The molecular formula is C20H19NO2S. The van der Waals surface area contributed by atoms with Gasteiger partial charge in [0.1, 0.15) is 0 Å². The van der Waals surface area contributed by atoms with Gasteiger partial charge in [0.15, 0.2) is 0 Å². The minimum absolute atomic E-state index is 0.266. The SMILES string of the molecule is C=Cc1cc(-c2cccc(C)c2)cn1S(=O)(=O)c1ccc(C)cc1. The summed E-state index contributed by atoms with van der Waals surface area (Å²) in [6.45, 7) is 7.69. The molecular weight excluding hydrogens is 318 g/mol. The topological polar surface area (TPSA) is 39.1 Å². The quantitative estimate of drug-likeness (QED) is 0.695. The highest BCUT2D eigenvalue weighted by atomic mass is 32.2. The van der Waals surface area contributed by atoms with Crippen LogP contribution in [-0.4, -0.2) is 12.4 Å². The highest BCUT2D eigenvalue weighted by Gasteiger charge is 2.20. The second-order valence-corrected chi connectivity index (χ2v) is 7.66. The highest BCUT2D eigenvalue weighted by Crippen LogP contribution is 2.27. The molecule has 0 unspecified atom stereocenters. The molecule has 24 heavy (non-hydrogen) atoms. The van der Waals surface area contributed by atoms with E-state index in [1.807, 2.05) is 44.2 Å². The fourth-order valence-electron chi connectivity index (χ4n) is 2.62. The highest BCUT2D eigenvalue weighted by molar-refractivity contribution is 7.90. The van der Waals surface area contributed by atoms with Gasteiger partial charge in [0.25, 0.3) is 10.0 Å². The third-order valence-corrected chi connectivity index (χ3v) is 5.65. The van der Waals surface area contributed by atoms with Crippen molar-refractivity contribution >= 4 is 16.1 Å². The average Bonchev–Trinajstić information content (AvgIpc) is 3.00. The van der Waals surface area contributed by atoms with Crippen LogP contribution in [0.25, 0.3) is 17.2 Å². The number of aromatic nitrogens is 1. The number of hydrogen-bond acceptors (Lipinski definition) is 2. The smallest absolute Gasteiger partial charge is 0.241 e. The summed E-state index contributed by atoms with van der Waals surface area (Å²) in [6, 6.07) is 16.7. The summed E-state index contributed by atoms with van der Waals surface area (Å²) in [5.41, 5.74) is 4.53. The molecule has 0 radical (unpaired) electrons. The first-order valence-corrected chi connectivity index (χ1v) is 9.10. The van der Waals surface area contributed by atoms with Crippen molar-refractivity contribution in [3.63, 3.8) is 0 Å². The van der Waals surface area contributed by atoms with Gasteiger partial charge in [0.05, 0.1) is 10.6 Å². The lowest BCUT2D eigenvalue weighted by molar-refractivity contribution is 0.587. The van der Waals surface area contributed by atoms with Gasteiger partial charge in [0.2, 0.25) is 0 Å². The van der Waals surface area contributed by atoms with Crippen LogP contribution in [0.4, 0.5) is 0 Å². The Kier molecular flexibility index (Phi) is 4.16. The lowest BCUT2D eigenvalue weighted by atomic mass is 10.1. The van der Waals surface area contributed by atoms with E-state index in [4.69, 9.17) is 0 Å². The van der Waals surface area contributed by atoms with Gasteiger partial charge in [0, 0.05) is 11.8 Å². The van der Waals surface area contributed by atoms with Crippen molar-refractivity contribution < 1.29 is 8.42 Å². The second-order valence-electron chi connectivity index (χ2n) is 5.84. The Balaban J connectivity index is 2.14. The van der Waals surface area contributed by atoms with Gasteiger partial charge in [-0.25, -0.2) is 12.4 Å². The molecule has 0 aliphatic rings. The van der Waals surface area contributed by atoms with Crippen molar-refractivity contribution in [3.05, 3.63) is 84.2 Å². The van der Waals surface area contributed by atoms with Gasteiger partial charge in [-0.1, -0.05) is 54.1 Å². The van der Waals surface area contributed by atoms with Gasteiger partial charge < -0.3 is 0 Å². The molecule has 0 atom stereocenters. The molecule has 3 nitrogen and oxygen atoms in total. The summed E-state index contributed by atoms with van der Waals surface area (Å²) in [6.07, 6.45) is 3.21. The fourth-order valence-corrected chi connectivity index (χ4v) is 3.99. The van der Waals surface area contributed by atoms with Crippen molar-refractivity contribution in [1.82, 2.24) is 3.97 Å². The fraction of sp³-hybridized carbons (Fsp3) is 0.100. The van der Waals surface area contributed by atoms with Crippen molar-refractivity contribution in [2.75, 3.05) is 0 Å². The normalized spacial score (nSPS) is 11.4. The van der Waals surface area contributed by atoms with E-state index in [2.05, 4.69) is 6.58 Å². The second kappa shape index (κ2) is 6.13. The van der Waals surface area contributed by atoms with E-state index in [-0.39, 0.29) is 4.90 Å². The third-order valence-electron chi connectivity index (χ3n) is 3.95. The van der Waals surface area contributed by atoms with Crippen LogP contribution in [0.2, 0.25) is 0 Å².